The molecule has 1 amide bonds. The quantitative estimate of drug-likeness (QED) is 0.763. The van der Waals surface area contributed by atoms with Crippen molar-refractivity contribution < 1.29 is 4.79 Å². The van der Waals surface area contributed by atoms with E-state index in [1.807, 2.05) is 0 Å². The highest BCUT2D eigenvalue weighted by Gasteiger charge is 2.11. The fourth-order valence-corrected chi connectivity index (χ4v) is 1.51. The Bertz CT molecular complexity index is 336. The summed E-state index contributed by atoms with van der Waals surface area (Å²) in [6.07, 6.45) is 0. The first kappa shape index (κ1) is 10.1. The number of nitrogens with two attached hydrogens (primary N) is 1. The summed E-state index contributed by atoms with van der Waals surface area (Å²) >= 11 is 3.29. The molecule has 0 aliphatic carbocycles. The highest BCUT2D eigenvalue weighted by atomic mass is 79.9. The van der Waals surface area contributed by atoms with Crippen molar-refractivity contribution >= 4 is 27.5 Å². The first-order chi connectivity index (χ1) is 6.02. The Morgan fingerprint density at radius 1 is 1.46 bits per heavy atom. The van der Waals surface area contributed by atoms with E-state index >= 15 is 0 Å². The third-order valence-electron chi connectivity index (χ3n) is 1.63. The van der Waals surface area contributed by atoms with Gasteiger partial charge in [0.15, 0.2) is 0 Å². The van der Waals surface area contributed by atoms with Crippen LogP contribution < -0.4 is 5.73 Å². The lowest BCUT2D eigenvalue weighted by atomic mass is 10.2. The first-order valence-electron chi connectivity index (χ1n) is 3.79. The van der Waals surface area contributed by atoms with E-state index in [1.54, 1.807) is 32.3 Å². The smallest absolute Gasteiger partial charge is 0.254 e. The van der Waals surface area contributed by atoms with E-state index in [1.165, 1.54) is 4.90 Å². The van der Waals surface area contributed by atoms with Gasteiger partial charge in [0.05, 0.1) is 5.56 Å². The van der Waals surface area contributed by atoms with Gasteiger partial charge in [-0.3, -0.25) is 4.79 Å². The van der Waals surface area contributed by atoms with Crippen molar-refractivity contribution in [1.82, 2.24) is 4.90 Å². The fourth-order valence-electron chi connectivity index (χ4n) is 0.946. The maximum absolute atomic E-state index is 11.5. The lowest BCUT2D eigenvalue weighted by Crippen LogP contribution is -2.22. The van der Waals surface area contributed by atoms with Crippen LogP contribution in [0, 0.1) is 0 Å². The number of amides is 1. The van der Waals surface area contributed by atoms with Crippen LogP contribution in [0.5, 0.6) is 0 Å². The van der Waals surface area contributed by atoms with Gasteiger partial charge in [-0.05, 0) is 34.1 Å². The minimum Gasteiger partial charge on any atom is -0.399 e. The Morgan fingerprint density at radius 2 is 2.08 bits per heavy atom. The lowest BCUT2D eigenvalue weighted by molar-refractivity contribution is 0.0827. The number of anilines is 1. The SMILES string of the molecule is CN(C)C(=O)c1ccc(N)cc1Br. The molecule has 1 aromatic carbocycles. The highest BCUT2D eigenvalue weighted by Crippen LogP contribution is 2.20. The van der Waals surface area contributed by atoms with Crippen LogP contribution in [0.4, 0.5) is 5.69 Å². The van der Waals surface area contributed by atoms with Crippen molar-refractivity contribution in [3.63, 3.8) is 0 Å². The van der Waals surface area contributed by atoms with Crippen LogP contribution in [0.2, 0.25) is 0 Å². The Balaban J connectivity index is 3.09. The van der Waals surface area contributed by atoms with E-state index in [4.69, 9.17) is 5.73 Å². The molecule has 0 aliphatic heterocycles. The molecule has 0 fully saturated rings. The number of nitrogen functional groups attached to an aromatic ring is 1. The van der Waals surface area contributed by atoms with Crippen LogP contribution in [0.25, 0.3) is 0 Å². The zero-order valence-electron chi connectivity index (χ0n) is 7.54. The topological polar surface area (TPSA) is 46.3 Å². The average Bonchev–Trinajstić information content (AvgIpc) is 2.03. The largest absolute Gasteiger partial charge is 0.399 e. The number of benzene rings is 1. The number of nitrogens with zero attached hydrogens (tertiary/aromatic N) is 1. The van der Waals surface area contributed by atoms with E-state index in [-0.39, 0.29) is 5.91 Å². The van der Waals surface area contributed by atoms with Crippen molar-refractivity contribution in [2.45, 2.75) is 0 Å². The highest BCUT2D eigenvalue weighted by molar-refractivity contribution is 9.10. The minimum atomic E-state index is -0.0353. The van der Waals surface area contributed by atoms with Crippen molar-refractivity contribution in [3.8, 4) is 0 Å². The maximum Gasteiger partial charge on any atom is 0.254 e. The van der Waals surface area contributed by atoms with Crippen molar-refractivity contribution in [2.24, 2.45) is 0 Å². The van der Waals surface area contributed by atoms with Gasteiger partial charge < -0.3 is 10.6 Å². The molecule has 0 saturated carbocycles. The van der Waals surface area contributed by atoms with Gasteiger partial charge in [0, 0.05) is 24.3 Å². The third kappa shape index (κ3) is 2.21. The Kier molecular flexibility index (Phi) is 2.93. The number of hydrogen-bond acceptors (Lipinski definition) is 2. The van der Waals surface area contributed by atoms with Gasteiger partial charge in [0.25, 0.3) is 5.91 Å². The summed E-state index contributed by atoms with van der Waals surface area (Å²) in [6.45, 7) is 0. The Morgan fingerprint density at radius 3 is 2.54 bits per heavy atom. The van der Waals surface area contributed by atoms with Crippen LogP contribution in [0.3, 0.4) is 0 Å². The Hall–Kier alpha value is -1.03. The van der Waals surface area contributed by atoms with Crippen molar-refractivity contribution in [1.29, 1.82) is 0 Å². The summed E-state index contributed by atoms with van der Waals surface area (Å²) in [4.78, 5) is 13.1. The number of halogens is 1. The molecule has 0 unspecified atom stereocenters. The third-order valence-corrected chi connectivity index (χ3v) is 2.29. The maximum atomic E-state index is 11.5. The summed E-state index contributed by atoms with van der Waals surface area (Å²) in [5.74, 6) is -0.0353. The van der Waals surface area contributed by atoms with Gasteiger partial charge in [-0.25, -0.2) is 0 Å². The van der Waals surface area contributed by atoms with Crippen LogP contribution in [0.1, 0.15) is 10.4 Å². The molecule has 70 valence electrons. The summed E-state index contributed by atoms with van der Waals surface area (Å²) < 4.78 is 0.728. The summed E-state index contributed by atoms with van der Waals surface area (Å²) in [5.41, 5.74) is 6.81. The zero-order chi connectivity index (χ0) is 10.0. The normalized spacial score (nSPS) is 9.77. The van der Waals surface area contributed by atoms with Gasteiger partial charge in [-0.2, -0.15) is 0 Å². The second kappa shape index (κ2) is 3.79. The molecule has 13 heavy (non-hydrogen) atoms. The average molecular weight is 243 g/mol. The second-order valence-corrected chi connectivity index (χ2v) is 3.79. The van der Waals surface area contributed by atoms with Gasteiger partial charge in [0.2, 0.25) is 0 Å². The molecule has 1 rings (SSSR count). The van der Waals surface area contributed by atoms with Gasteiger partial charge in [0.1, 0.15) is 0 Å². The van der Waals surface area contributed by atoms with E-state index in [2.05, 4.69) is 15.9 Å². The standard InChI is InChI=1S/C9H11BrN2O/c1-12(2)9(13)7-4-3-6(11)5-8(7)10/h3-5H,11H2,1-2H3. The van der Waals surface area contributed by atoms with E-state index in [0.29, 0.717) is 11.3 Å². The predicted molar refractivity (Wildman–Crippen MR) is 56.6 cm³/mol. The van der Waals surface area contributed by atoms with E-state index in [0.717, 1.165) is 4.47 Å². The molecule has 1 aromatic rings. The van der Waals surface area contributed by atoms with Gasteiger partial charge >= 0.3 is 0 Å². The summed E-state index contributed by atoms with van der Waals surface area (Å²) in [5, 5.41) is 0. The molecule has 0 saturated heterocycles. The number of carbonyl (C=O) groups is 1. The lowest BCUT2D eigenvalue weighted by Gasteiger charge is -2.11. The molecule has 2 N–H and O–H groups in total. The van der Waals surface area contributed by atoms with Crippen LogP contribution >= 0.6 is 15.9 Å². The molecule has 4 heteroatoms. The van der Waals surface area contributed by atoms with Crippen LogP contribution in [-0.2, 0) is 0 Å². The number of hydrogen-bond donors (Lipinski definition) is 1. The van der Waals surface area contributed by atoms with Gasteiger partial charge in [-0.1, -0.05) is 0 Å². The fraction of sp³-hybridized carbons (Fsp3) is 0.222. The van der Waals surface area contributed by atoms with Gasteiger partial charge in [-0.15, -0.1) is 0 Å². The molecular formula is C9H11BrN2O. The zero-order valence-corrected chi connectivity index (χ0v) is 9.13. The molecule has 0 spiro atoms. The molecule has 0 aliphatic rings. The van der Waals surface area contributed by atoms with E-state index < -0.39 is 0 Å². The molecular weight excluding hydrogens is 232 g/mol. The molecule has 0 bridgehead atoms. The molecule has 0 aromatic heterocycles. The molecule has 0 heterocycles. The molecule has 3 nitrogen and oxygen atoms in total. The monoisotopic (exact) mass is 242 g/mol. The summed E-state index contributed by atoms with van der Waals surface area (Å²) in [6, 6.07) is 5.14. The molecule has 0 atom stereocenters. The summed E-state index contributed by atoms with van der Waals surface area (Å²) in [7, 11) is 3.43. The Labute approximate surface area is 85.7 Å². The van der Waals surface area contributed by atoms with E-state index in [9.17, 15) is 4.79 Å². The predicted octanol–water partition coefficient (Wildman–Crippen LogP) is 1.73. The van der Waals surface area contributed by atoms with Crippen molar-refractivity contribution in [2.75, 3.05) is 19.8 Å². The van der Waals surface area contributed by atoms with Crippen LogP contribution in [0.15, 0.2) is 22.7 Å². The van der Waals surface area contributed by atoms with Crippen molar-refractivity contribution in [3.05, 3.63) is 28.2 Å². The first-order valence-corrected chi connectivity index (χ1v) is 4.58. The second-order valence-electron chi connectivity index (χ2n) is 2.94. The molecule has 0 radical (unpaired) electrons. The number of carbonyl (C=O) groups excluding carboxylic acids is 1. The van der Waals surface area contributed by atoms with Crippen LogP contribution in [-0.4, -0.2) is 24.9 Å². The number of rotatable bonds is 1. The minimum absolute atomic E-state index is 0.0353.